The van der Waals surface area contributed by atoms with Crippen molar-refractivity contribution >= 4 is 5.91 Å². The van der Waals surface area contributed by atoms with Gasteiger partial charge in [0.15, 0.2) is 0 Å². The third-order valence-corrected chi connectivity index (χ3v) is 4.02. The summed E-state index contributed by atoms with van der Waals surface area (Å²) in [5.41, 5.74) is -2.65. The Bertz CT molecular complexity index is 619. The zero-order valence-electron chi connectivity index (χ0n) is 12.5. The molecule has 0 bridgehead atoms. The molecule has 23 heavy (non-hydrogen) atoms. The van der Waals surface area contributed by atoms with E-state index in [2.05, 4.69) is 5.32 Å². The maximum atomic E-state index is 12.6. The van der Waals surface area contributed by atoms with Crippen LogP contribution in [-0.2, 0) is 17.5 Å². The van der Waals surface area contributed by atoms with Gasteiger partial charge in [-0.3, -0.25) is 9.59 Å². The van der Waals surface area contributed by atoms with Crippen LogP contribution in [0.15, 0.2) is 23.1 Å². The molecule has 0 unspecified atom stereocenters. The maximum Gasteiger partial charge on any atom is 0.417 e. The average molecular weight is 332 g/mol. The van der Waals surface area contributed by atoms with E-state index in [1.54, 1.807) is 0 Å². The third kappa shape index (κ3) is 4.82. The topological polar surface area (TPSA) is 71.3 Å². The fraction of sp³-hybridized carbons (Fsp3) is 0.600. The van der Waals surface area contributed by atoms with Gasteiger partial charge < -0.3 is 15.0 Å². The standard InChI is InChI=1S/C15H19F3N2O3/c16-15(17,18)11-4-5-13(22)20(8-11)9-12(21)19-10-14(23)6-2-1-3-7-14/h4-5,8,23H,1-3,6-7,9-10H2,(H,19,21). The highest BCUT2D eigenvalue weighted by Crippen LogP contribution is 2.28. The molecule has 1 aromatic heterocycles. The van der Waals surface area contributed by atoms with E-state index in [9.17, 15) is 27.9 Å². The summed E-state index contributed by atoms with van der Waals surface area (Å²) < 4.78 is 38.6. The van der Waals surface area contributed by atoms with Crippen molar-refractivity contribution in [2.45, 2.75) is 50.4 Å². The van der Waals surface area contributed by atoms with Gasteiger partial charge >= 0.3 is 6.18 Å². The quantitative estimate of drug-likeness (QED) is 0.881. The van der Waals surface area contributed by atoms with Crippen molar-refractivity contribution in [2.24, 2.45) is 0 Å². The Kier molecular flexibility index (Phi) is 5.13. The maximum absolute atomic E-state index is 12.6. The second kappa shape index (κ2) is 6.74. The summed E-state index contributed by atoms with van der Waals surface area (Å²) in [6.07, 6.45) is -0.0111. The van der Waals surface area contributed by atoms with Crippen LogP contribution < -0.4 is 10.9 Å². The predicted octanol–water partition coefficient (Wildman–Crippen LogP) is 1.68. The van der Waals surface area contributed by atoms with E-state index < -0.39 is 35.4 Å². The van der Waals surface area contributed by atoms with E-state index >= 15 is 0 Å². The lowest BCUT2D eigenvalue weighted by Gasteiger charge is -2.32. The van der Waals surface area contributed by atoms with Crippen molar-refractivity contribution in [2.75, 3.05) is 6.54 Å². The van der Waals surface area contributed by atoms with Gasteiger partial charge in [0.25, 0.3) is 5.56 Å². The molecule has 0 atom stereocenters. The molecule has 128 valence electrons. The van der Waals surface area contributed by atoms with Crippen LogP contribution >= 0.6 is 0 Å². The molecule has 1 amide bonds. The summed E-state index contributed by atoms with van der Waals surface area (Å²) in [7, 11) is 0. The summed E-state index contributed by atoms with van der Waals surface area (Å²) in [6.45, 7) is -0.474. The molecule has 1 heterocycles. The van der Waals surface area contributed by atoms with Crippen LogP contribution in [0.4, 0.5) is 13.2 Å². The molecular weight excluding hydrogens is 313 g/mol. The number of nitrogens with zero attached hydrogens (tertiary/aromatic N) is 1. The minimum Gasteiger partial charge on any atom is -0.388 e. The lowest BCUT2D eigenvalue weighted by atomic mass is 9.85. The van der Waals surface area contributed by atoms with Gasteiger partial charge in [-0.1, -0.05) is 19.3 Å². The summed E-state index contributed by atoms with van der Waals surface area (Å²) in [5, 5.41) is 12.8. The molecular formula is C15H19F3N2O3. The largest absolute Gasteiger partial charge is 0.417 e. The number of carbonyl (C=O) groups excluding carboxylic acids is 1. The Morgan fingerprint density at radius 2 is 1.91 bits per heavy atom. The fourth-order valence-corrected chi connectivity index (χ4v) is 2.68. The van der Waals surface area contributed by atoms with Crippen LogP contribution in [0.3, 0.4) is 0 Å². The van der Waals surface area contributed by atoms with Gasteiger partial charge in [0.2, 0.25) is 5.91 Å². The van der Waals surface area contributed by atoms with Crippen molar-refractivity contribution in [3.63, 3.8) is 0 Å². The molecule has 8 heteroatoms. The number of aromatic nitrogens is 1. The lowest BCUT2D eigenvalue weighted by Crippen LogP contribution is -2.45. The van der Waals surface area contributed by atoms with E-state index in [-0.39, 0.29) is 6.54 Å². The van der Waals surface area contributed by atoms with Crippen LogP contribution in [0, 0.1) is 0 Å². The Balaban J connectivity index is 1.98. The molecule has 1 aliphatic carbocycles. The molecule has 1 saturated carbocycles. The fourth-order valence-electron chi connectivity index (χ4n) is 2.68. The number of halogens is 3. The minimum absolute atomic E-state index is 0.0412. The van der Waals surface area contributed by atoms with Crippen LogP contribution in [0.5, 0.6) is 0 Å². The highest BCUT2D eigenvalue weighted by atomic mass is 19.4. The van der Waals surface area contributed by atoms with E-state index in [1.807, 2.05) is 0 Å². The van der Waals surface area contributed by atoms with Crippen LogP contribution in [0.25, 0.3) is 0 Å². The first-order valence-electron chi connectivity index (χ1n) is 7.46. The highest BCUT2D eigenvalue weighted by Gasteiger charge is 2.31. The molecule has 2 N–H and O–H groups in total. The van der Waals surface area contributed by atoms with Crippen molar-refractivity contribution in [1.82, 2.24) is 9.88 Å². The molecule has 1 aromatic rings. The highest BCUT2D eigenvalue weighted by molar-refractivity contribution is 5.75. The summed E-state index contributed by atoms with van der Waals surface area (Å²) in [6, 6.07) is 1.46. The Morgan fingerprint density at radius 3 is 2.52 bits per heavy atom. The molecule has 0 radical (unpaired) electrons. The van der Waals surface area contributed by atoms with Gasteiger partial charge in [-0.25, -0.2) is 0 Å². The van der Waals surface area contributed by atoms with Gasteiger partial charge in [-0.2, -0.15) is 13.2 Å². The number of nitrogens with one attached hydrogen (secondary N) is 1. The molecule has 1 aliphatic rings. The molecule has 5 nitrogen and oxygen atoms in total. The van der Waals surface area contributed by atoms with E-state index in [0.717, 1.165) is 25.3 Å². The van der Waals surface area contributed by atoms with Gasteiger partial charge in [0.05, 0.1) is 11.2 Å². The number of aliphatic hydroxyl groups is 1. The molecule has 2 rings (SSSR count). The monoisotopic (exact) mass is 332 g/mol. The van der Waals surface area contributed by atoms with Crippen molar-refractivity contribution in [3.8, 4) is 0 Å². The molecule has 0 aliphatic heterocycles. The number of hydrogen-bond acceptors (Lipinski definition) is 3. The van der Waals surface area contributed by atoms with Gasteiger partial charge in [-0.15, -0.1) is 0 Å². The predicted molar refractivity (Wildman–Crippen MR) is 76.7 cm³/mol. The first-order chi connectivity index (χ1) is 10.7. The van der Waals surface area contributed by atoms with Crippen molar-refractivity contribution < 1.29 is 23.1 Å². The molecule has 0 aromatic carbocycles. The Labute approximate surface area is 131 Å². The second-order valence-corrected chi connectivity index (χ2v) is 5.94. The zero-order chi connectivity index (χ0) is 17.1. The van der Waals surface area contributed by atoms with E-state index in [1.165, 1.54) is 0 Å². The van der Waals surface area contributed by atoms with E-state index in [4.69, 9.17) is 0 Å². The van der Waals surface area contributed by atoms with Gasteiger partial charge in [0, 0.05) is 18.8 Å². The first-order valence-corrected chi connectivity index (χ1v) is 7.46. The number of carbonyl (C=O) groups is 1. The SMILES string of the molecule is O=C(Cn1cc(C(F)(F)F)ccc1=O)NCC1(O)CCCCC1. The molecule has 1 fully saturated rings. The summed E-state index contributed by atoms with van der Waals surface area (Å²) in [5.74, 6) is -0.606. The smallest absolute Gasteiger partial charge is 0.388 e. The summed E-state index contributed by atoms with van der Waals surface area (Å²) in [4.78, 5) is 23.4. The van der Waals surface area contributed by atoms with Crippen molar-refractivity contribution in [3.05, 3.63) is 34.2 Å². The van der Waals surface area contributed by atoms with Crippen LogP contribution in [0.1, 0.15) is 37.7 Å². The van der Waals surface area contributed by atoms with Gasteiger partial charge in [0.1, 0.15) is 6.54 Å². The van der Waals surface area contributed by atoms with Crippen molar-refractivity contribution in [1.29, 1.82) is 0 Å². The first kappa shape index (κ1) is 17.5. The van der Waals surface area contributed by atoms with Crippen LogP contribution in [-0.4, -0.2) is 27.7 Å². The molecule has 0 saturated heterocycles. The Hall–Kier alpha value is -1.83. The number of alkyl halides is 3. The Morgan fingerprint density at radius 1 is 1.26 bits per heavy atom. The van der Waals surface area contributed by atoms with E-state index in [0.29, 0.717) is 29.7 Å². The third-order valence-electron chi connectivity index (χ3n) is 4.02. The second-order valence-electron chi connectivity index (χ2n) is 5.94. The lowest BCUT2D eigenvalue weighted by molar-refractivity contribution is -0.138. The average Bonchev–Trinajstić information content (AvgIpc) is 2.47. The zero-order valence-corrected chi connectivity index (χ0v) is 12.5. The van der Waals surface area contributed by atoms with Gasteiger partial charge in [-0.05, 0) is 18.9 Å². The molecule has 0 spiro atoms. The van der Waals surface area contributed by atoms with Crippen LogP contribution in [0.2, 0.25) is 0 Å². The number of pyridine rings is 1. The number of amides is 1. The minimum atomic E-state index is -4.58. The summed E-state index contributed by atoms with van der Waals surface area (Å²) >= 11 is 0. The number of rotatable bonds is 4. The number of hydrogen-bond donors (Lipinski definition) is 2. The normalized spacial score (nSPS) is 17.7.